The summed E-state index contributed by atoms with van der Waals surface area (Å²) >= 11 is 0. The molecule has 1 fully saturated rings. The van der Waals surface area contributed by atoms with Gasteiger partial charge in [0.1, 0.15) is 5.60 Å². The number of carbonyl (C=O) groups excluding carboxylic acids is 2. The van der Waals surface area contributed by atoms with E-state index in [0.717, 1.165) is 18.1 Å². The molecule has 0 aromatic carbocycles. The van der Waals surface area contributed by atoms with Gasteiger partial charge < -0.3 is 24.4 Å². The second-order valence-corrected chi connectivity index (χ2v) is 9.62. The molecule has 12 heteroatoms. The van der Waals surface area contributed by atoms with Gasteiger partial charge in [-0.2, -0.15) is 13.2 Å². The van der Waals surface area contributed by atoms with Crippen LogP contribution in [0.15, 0.2) is 24.7 Å². The van der Waals surface area contributed by atoms with Crippen LogP contribution in [0.4, 0.5) is 23.9 Å². The summed E-state index contributed by atoms with van der Waals surface area (Å²) in [4.78, 5) is 36.1. The topological polar surface area (TPSA) is 92.6 Å². The molecule has 192 valence electrons. The Bertz CT molecular complexity index is 1040. The molecule has 1 N–H and O–H groups in total. The van der Waals surface area contributed by atoms with Crippen LogP contribution in [0.3, 0.4) is 0 Å². The van der Waals surface area contributed by atoms with Crippen molar-refractivity contribution in [2.24, 2.45) is 0 Å². The van der Waals surface area contributed by atoms with E-state index < -0.39 is 23.4 Å². The molecule has 0 bridgehead atoms. The van der Waals surface area contributed by atoms with Crippen molar-refractivity contribution in [3.8, 4) is 0 Å². The van der Waals surface area contributed by atoms with Crippen molar-refractivity contribution in [1.29, 1.82) is 0 Å². The molecule has 1 saturated heterocycles. The monoisotopic (exact) mass is 496 g/mol. The van der Waals surface area contributed by atoms with Crippen molar-refractivity contribution in [1.82, 2.24) is 24.8 Å². The first-order valence-corrected chi connectivity index (χ1v) is 11.3. The van der Waals surface area contributed by atoms with Gasteiger partial charge in [0.25, 0.3) is 5.91 Å². The molecule has 0 saturated carbocycles. The van der Waals surface area contributed by atoms with Gasteiger partial charge in [-0.25, -0.2) is 14.8 Å². The molecule has 2 aromatic rings. The average molecular weight is 497 g/mol. The Balaban J connectivity index is 1.55. The molecule has 9 nitrogen and oxygen atoms in total. The average Bonchev–Trinajstić information content (AvgIpc) is 3.11. The van der Waals surface area contributed by atoms with Gasteiger partial charge in [-0.15, -0.1) is 0 Å². The van der Waals surface area contributed by atoms with E-state index in [9.17, 15) is 22.8 Å². The number of halogens is 3. The quantitative estimate of drug-likeness (QED) is 0.682. The van der Waals surface area contributed by atoms with E-state index in [1.165, 1.54) is 0 Å². The Morgan fingerprint density at radius 3 is 2.26 bits per heavy atom. The lowest BCUT2D eigenvalue weighted by molar-refractivity contribution is -0.138. The van der Waals surface area contributed by atoms with Crippen LogP contribution in [-0.4, -0.2) is 69.3 Å². The van der Waals surface area contributed by atoms with Gasteiger partial charge in [-0.3, -0.25) is 4.79 Å². The van der Waals surface area contributed by atoms with Gasteiger partial charge in [-0.1, -0.05) is 0 Å². The highest BCUT2D eigenvalue weighted by Crippen LogP contribution is 2.28. The Hall–Kier alpha value is -3.31. The summed E-state index contributed by atoms with van der Waals surface area (Å²) in [5.74, 6) is 0.0752. The number of amides is 2. The van der Waals surface area contributed by atoms with Crippen molar-refractivity contribution < 1.29 is 27.5 Å². The minimum absolute atomic E-state index is 0.132. The van der Waals surface area contributed by atoms with E-state index in [0.29, 0.717) is 38.3 Å². The molecule has 1 atom stereocenters. The maximum atomic E-state index is 13.0. The van der Waals surface area contributed by atoms with Crippen LogP contribution < -0.4 is 10.2 Å². The van der Waals surface area contributed by atoms with Crippen LogP contribution in [0, 0.1) is 6.92 Å². The van der Waals surface area contributed by atoms with Gasteiger partial charge in [-0.05, 0) is 40.7 Å². The molecular formula is C23H31F3N6O3. The lowest BCUT2D eigenvalue weighted by atomic mass is 10.2. The number of rotatable bonds is 5. The van der Waals surface area contributed by atoms with Crippen molar-refractivity contribution in [3.63, 3.8) is 0 Å². The predicted octanol–water partition coefficient (Wildman–Crippen LogP) is 3.48. The van der Waals surface area contributed by atoms with Crippen LogP contribution in [0.2, 0.25) is 0 Å². The van der Waals surface area contributed by atoms with Crippen LogP contribution in [-0.2, 0) is 17.5 Å². The first-order valence-electron chi connectivity index (χ1n) is 11.3. The van der Waals surface area contributed by atoms with E-state index in [1.807, 2.05) is 18.4 Å². The second-order valence-electron chi connectivity index (χ2n) is 9.62. The van der Waals surface area contributed by atoms with Crippen molar-refractivity contribution in [2.45, 2.75) is 59.0 Å². The molecule has 0 unspecified atom stereocenters. The van der Waals surface area contributed by atoms with Crippen LogP contribution in [0.5, 0.6) is 0 Å². The fourth-order valence-corrected chi connectivity index (χ4v) is 3.70. The summed E-state index contributed by atoms with van der Waals surface area (Å²) in [6, 6.07) is 1.58. The Kier molecular flexibility index (Phi) is 7.61. The molecule has 3 heterocycles. The fraction of sp³-hybridized carbons (Fsp3) is 0.565. The summed E-state index contributed by atoms with van der Waals surface area (Å²) in [6.45, 7) is 11.2. The molecule has 2 aromatic heterocycles. The Morgan fingerprint density at radius 2 is 1.71 bits per heavy atom. The van der Waals surface area contributed by atoms with Crippen molar-refractivity contribution >= 4 is 17.9 Å². The number of anilines is 1. The number of alkyl halides is 3. The highest BCUT2D eigenvalue weighted by molar-refractivity contribution is 5.94. The summed E-state index contributed by atoms with van der Waals surface area (Å²) in [7, 11) is 0. The largest absolute Gasteiger partial charge is 0.444 e. The van der Waals surface area contributed by atoms with Gasteiger partial charge >= 0.3 is 12.3 Å². The van der Waals surface area contributed by atoms with Crippen LogP contribution in [0.1, 0.15) is 49.3 Å². The summed E-state index contributed by atoms with van der Waals surface area (Å²) in [5, 5.41) is 2.79. The molecule has 0 radical (unpaired) electrons. The Labute approximate surface area is 202 Å². The third-order valence-corrected chi connectivity index (χ3v) is 5.41. The van der Waals surface area contributed by atoms with Gasteiger partial charge in [0.2, 0.25) is 5.95 Å². The number of aryl methyl sites for hydroxylation is 1. The lowest BCUT2D eigenvalue weighted by Gasteiger charge is -2.34. The summed E-state index contributed by atoms with van der Waals surface area (Å²) in [5.41, 5.74) is -0.0742. The van der Waals surface area contributed by atoms with Crippen LogP contribution >= 0.6 is 0 Å². The summed E-state index contributed by atoms with van der Waals surface area (Å²) < 4.78 is 45.3. The van der Waals surface area contributed by atoms with Crippen molar-refractivity contribution in [2.75, 3.05) is 31.1 Å². The zero-order valence-electron chi connectivity index (χ0n) is 20.5. The number of alkyl carbamates (subject to hydrolysis) is 1. The molecule has 2 amide bonds. The number of carbonyl (C=O) groups is 2. The highest BCUT2D eigenvalue weighted by atomic mass is 19.4. The third kappa shape index (κ3) is 7.09. The molecular weight excluding hydrogens is 465 g/mol. The van der Waals surface area contributed by atoms with Gasteiger partial charge in [0.15, 0.2) is 0 Å². The van der Waals surface area contributed by atoms with E-state index in [-0.39, 0.29) is 17.9 Å². The molecule has 3 rings (SSSR count). The number of ether oxygens (including phenoxy) is 1. The predicted molar refractivity (Wildman–Crippen MR) is 123 cm³/mol. The molecule has 0 aliphatic carbocycles. The minimum atomic E-state index is -4.48. The Morgan fingerprint density at radius 1 is 1.11 bits per heavy atom. The zero-order chi connectivity index (χ0) is 26.0. The first-order chi connectivity index (χ1) is 16.2. The standard InChI is InChI=1S/C23H31F3N6O3/c1-15(29-21(34)35-22(3,4)5)13-32-14-17(10-16(32)2)19(33)30-6-8-31(9-7-30)20-27-11-18(12-28-20)23(24,25)26/h10-12,14-15H,6-9,13H2,1-5H3,(H,29,34)/t15-/m0/s1. The molecule has 1 aliphatic rings. The number of nitrogens with zero attached hydrogens (tertiary/aromatic N) is 5. The normalized spacial score (nSPS) is 15.7. The van der Waals surface area contributed by atoms with E-state index in [1.54, 1.807) is 42.8 Å². The summed E-state index contributed by atoms with van der Waals surface area (Å²) in [6.07, 6.45) is -1.69. The molecule has 0 spiro atoms. The second kappa shape index (κ2) is 10.1. The zero-order valence-corrected chi connectivity index (χ0v) is 20.5. The highest BCUT2D eigenvalue weighted by Gasteiger charge is 2.32. The van der Waals surface area contributed by atoms with Gasteiger partial charge in [0.05, 0.1) is 11.1 Å². The van der Waals surface area contributed by atoms with Crippen molar-refractivity contribution in [3.05, 3.63) is 41.5 Å². The maximum absolute atomic E-state index is 13.0. The number of piperazine rings is 1. The van der Waals surface area contributed by atoms with E-state index in [2.05, 4.69) is 15.3 Å². The maximum Gasteiger partial charge on any atom is 0.419 e. The smallest absolute Gasteiger partial charge is 0.419 e. The fourth-order valence-electron chi connectivity index (χ4n) is 3.70. The third-order valence-electron chi connectivity index (χ3n) is 5.41. The van der Waals surface area contributed by atoms with Crippen LogP contribution in [0.25, 0.3) is 0 Å². The molecule has 1 aliphatic heterocycles. The SMILES string of the molecule is Cc1cc(C(=O)N2CCN(c3ncc(C(F)(F)F)cn3)CC2)cn1C[C@H](C)NC(=O)OC(C)(C)C. The lowest BCUT2D eigenvalue weighted by Crippen LogP contribution is -2.49. The first kappa shape index (κ1) is 26.3. The molecule has 35 heavy (non-hydrogen) atoms. The number of aromatic nitrogens is 3. The number of hydrogen-bond acceptors (Lipinski definition) is 6. The minimum Gasteiger partial charge on any atom is -0.444 e. The number of nitrogens with one attached hydrogen (secondary N) is 1. The van der Waals surface area contributed by atoms with E-state index >= 15 is 0 Å². The van der Waals surface area contributed by atoms with Gasteiger partial charge in [0, 0.05) is 63.1 Å². The van der Waals surface area contributed by atoms with E-state index in [4.69, 9.17) is 4.74 Å². The number of hydrogen-bond donors (Lipinski definition) is 1.